The third kappa shape index (κ3) is 1.45. The van der Waals surface area contributed by atoms with Crippen LogP contribution in [0.2, 0.25) is 0 Å². The molecule has 0 radical (unpaired) electrons. The van der Waals surface area contributed by atoms with Gasteiger partial charge in [-0.1, -0.05) is 48.6 Å². The fourth-order valence-corrected chi connectivity index (χ4v) is 2.38. The highest BCUT2D eigenvalue weighted by Gasteiger charge is 2.48. The fourth-order valence-electron chi connectivity index (χ4n) is 2.38. The van der Waals surface area contributed by atoms with Crippen molar-refractivity contribution in [3.8, 4) is 0 Å². The van der Waals surface area contributed by atoms with Crippen molar-refractivity contribution in [3.63, 3.8) is 0 Å². The number of carbonyl (C=O) groups is 1. The first-order chi connectivity index (χ1) is 8.73. The monoisotopic (exact) mass is 239 g/mol. The Bertz CT molecular complexity index is 584. The molecule has 3 heteroatoms. The number of carbonyl (C=O) groups excluding carboxylic acids is 1. The highest BCUT2D eigenvalue weighted by Crippen LogP contribution is 2.39. The van der Waals surface area contributed by atoms with E-state index in [1.165, 1.54) is 0 Å². The number of benzene rings is 1. The second kappa shape index (κ2) is 3.96. The first-order valence-electron chi connectivity index (χ1n) is 5.90. The van der Waals surface area contributed by atoms with Gasteiger partial charge in [-0.25, -0.2) is 0 Å². The van der Waals surface area contributed by atoms with Gasteiger partial charge in [-0.05, 0) is 18.1 Å². The normalized spacial score (nSPS) is 25.9. The number of fused-ring (bicyclic) bond motifs is 1. The number of nitrogens with one attached hydrogen (secondary N) is 1. The molecule has 2 N–H and O–H groups in total. The molecular formula is C15H13NO2. The van der Waals surface area contributed by atoms with Gasteiger partial charge in [-0.2, -0.15) is 0 Å². The van der Waals surface area contributed by atoms with Crippen molar-refractivity contribution in [2.24, 2.45) is 0 Å². The lowest BCUT2D eigenvalue weighted by Gasteiger charge is -2.21. The summed E-state index contributed by atoms with van der Waals surface area (Å²) < 4.78 is 0. The first-order valence-corrected chi connectivity index (χ1v) is 5.90. The Morgan fingerprint density at radius 2 is 2.00 bits per heavy atom. The molecule has 0 spiro atoms. The van der Waals surface area contributed by atoms with Crippen molar-refractivity contribution in [1.82, 2.24) is 5.32 Å². The van der Waals surface area contributed by atoms with Crippen LogP contribution in [0.5, 0.6) is 0 Å². The highest BCUT2D eigenvalue weighted by molar-refractivity contribution is 5.97. The predicted octanol–water partition coefficient (Wildman–Crippen LogP) is 1.77. The van der Waals surface area contributed by atoms with Crippen molar-refractivity contribution < 1.29 is 9.90 Å². The third-order valence-corrected chi connectivity index (χ3v) is 3.31. The van der Waals surface area contributed by atoms with E-state index in [0.29, 0.717) is 23.3 Å². The van der Waals surface area contributed by atoms with Gasteiger partial charge in [0.05, 0.1) is 0 Å². The van der Waals surface area contributed by atoms with Crippen LogP contribution in [0, 0.1) is 0 Å². The van der Waals surface area contributed by atoms with Crippen LogP contribution >= 0.6 is 0 Å². The van der Waals surface area contributed by atoms with Crippen molar-refractivity contribution in [1.29, 1.82) is 0 Å². The number of aliphatic hydroxyl groups is 1. The van der Waals surface area contributed by atoms with E-state index in [4.69, 9.17) is 0 Å². The van der Waals surface area contributed by atoms with Crippen LogP contribution in [0.1, 0.15) is 12.0 Å². The number of amides is 1. The maximum absolute atomic E-state index is 12.1. The zero-order valence-electron chi connectivity index (χ0n) is 9.76. The molecule has 1 aliphatic carbocycles. The quantitative estimate of drug-likeness (QED) is 0.784. The molecule has 0 saturated carbocycles. The number of rotatable bonds is 1. The van der Waals surface area contributed by atoms with Crippen LogP contribution in [0.25, 0.3) is 0 Å². The Morgan fingerprint density at radius 1 is 1.22 bits per heavy atom. The summed E-state index contributed by atoms with van der Waals surface area (Å²) in [5.74, 6) is -0.387. The van der Waals surface area contributed by atoms with Gasteiger partial charge in [0.15, 0.2) is 5.60 Å². The zero-order chi connectivity index (χ0) is 12.6. The number of hydrogen-bond acceptors (Lipinski definition) is 2. The molecule has 1 aliphatic heterocycles. The standard InChI is InChI=1S/C15H13NO2/c17-14-15(18,11-7-3-1-4-8-11)12-9-5-2-6-10-13(12)16-14/h1-4,6-10,18H,5H2,(H,16,17)/t15-/m0/s1. The molecule has 90 valence electrons. The average molecular weight is 239 g/mol. The van der Waals surface area contributed by atoms with Gasteiger partial charge in [-0.3, -0.25) is 4.79 Å². The van der Waals surface area contributed by atoms with Crippen molar-refractivity contribution in [2.45, 2.75) is 12.0 Å². The lowest BCUT2D eigenvalue weighted by molar-refractivity contribution is -0.133. The van der Waals surface area contributed by atoms with Gasteiger partial charge >= 0.3 is 0 Å². The summed E-state index contributed by atoms with van der Waals surface area (Å²) in [7, 11) is 0. The second-order valence-electron chi connectivity index (χ2n) is 4.39. The molecule has 0 unspecified atom stereocenters. The molecule has 3 nitrogen and oxygen atoms in total. The fraction of sp³-hybridized carbons (Fsp3) is 0.133. The van der Waals surface area contributed by atoms with E-state index in [2.05, 4.69) is 5.32 Å². The minimum Gasteiger partial charge on any atom is -0.372 e. The second-order valence-corrected chi connectivity index (χ2v) is 4.39. The Kier molecular flexibility index (Phi) is 2.42. The Labute approximate surface area is 105 Å². The molecule has 2 aliphatic rings. The maximum Gasteiger partial charge on any atom is 0.265 e. The van der Waals surface area contributed by atoms with E-state index in [1.807, 2.05) is 42.5 Å². The number of hydrogen-bond donors (Lipinski definition) is 2. The van der Waals surface area contributed by atoms with Crippen LogP contribution in [-0.2, 0) is 10.4 Å². The molecule has 1 fully saturated rings. The summed E-state index contributed by atoms with van der Waals surface area (Å²) in [6.07, 6.45) is 8.28. The minimum absolute atomic E-state index is 0.387. The molecule has 1 aromatic carbocycles. The molecule has 0 bridgehead atoms. The molecular weight excluding hydrogens is 226 g/mol. The molecule has 3 rings (SSSR count). The summed E-state index contributed by atoms with van der Waals surface area (Å²) in [4.78, 5) is 12.1. The van der Waals surface area contributed by atoms with E-state index >= 15 is 0 Å². The van der Waals surface area contributed by atoms with E-state index in [9.17, 15) is 9.90 Å². The van der Waals surface area contributed by atoms with Gasteiger partial charge in [-0.15, -0.1) is 0 Å². The summed E-state index contributed by atoms with van der Waals surface area (Å²) in [5.41, 5.74) is 0.349. The summed E-state index contributed by atoms with van der Waals surface area (Å²) >= 11 is 0. The van der Waals surface area contributed by atoms with Gasteiger partial charge in [0.25, 0.3) is 5.91 Å². The molecule has 1 heterocycles. The molecule has 0 aromatic heterocycles. The Morgan fingerprint density at radius 3 is 2.78 bits per heavy atom. The van der Waals surface area contributed by atoms with Crippen LogP contribution in [0.15, 0.2) is 65.9 Å². The van der Waals surface area contributed by atoms with Crippen molar-refractivity contribution in [2.75, 3.05) is 0 Å². The van der Waals surface area contributed by atoms with Gasteiger partial charge in [0.2, 0.25) is 0 Å². The van der Waals surface area contributed by atoms with E-state index in [0.717, 1.165) is 0 Å². The van der Waals surface area contributed by atoms with Crippen molar-refractivity contribution in [3.05, 3.63) is 71.5 Å². The summed E-state index contributed by atoms with van der Waals surface area (Å²) in [6, 6.07) is 9.03. The highest BCUT2D eigenvalue weighted by atomic mass is 16.3. The molecule has 18 heavy (non-hydrogen) atoms. The van der Waals surface area contributed by atoms with E-state index < -0.39 is 5.60 Å². The van der Waals surface area contributed by atoms with Crippen LogP contribution in [0.3, 0.4) is 0 Å². The zero-order valence-corrected chi connectivity index (χ0v) is 9.76. The van der Waals surface area contributed by atoms with Crippen LogP contribution in [-0.4, -0.2) is 11.0 Å². The maximum atomic E-state index is 12.1. The lowest BCUT2D eigenvalue weighted by atomic mass is 9.86. The summed E-state index contributed by atoms with van der Waals surface area (Å²) in [6.45, 7) is 0. The van der Waals surface area contributed by atoms with Gasteiger partial charge in [0, 0.05) is 11.3 Å². The van der Waals surface area contributed by atoms with Gasteiger partial charge < -0.3 is 10.4 Å². The van der Waals surface area contributed by atoms with Gasteiger partial charge in [0.1, 0.15) is 0 Å². The Hall–Kier alpha value is -2.13. The van der Waals surface area contributed by atoms with E-state index in [-0.39, 0.29) is 5.91 Å². The SMILES string of the molecule is O=C1NC2=CC=CCC=C2[C@@]1(O)c1ccccc1. The predicted molar refractivity (Wildman–Crippen MR) is 68.4 cm³/mol. The Balaban J connectivity index is 2.17. The molecule has 1 aromatic rings. The third-order valence-electron chi connectivity index (χ3n) is 3.31. The molecule has 1 amide bonds. The van der Waals surface area contributed by atoms with Crippen molar-refractivity contribution >= 4 is 5.91 Å². The van der Waals surface area contributed by atoms with Crippen LogP contribution < -0.4 is 5.32 Å². The summed E-state index contributed by atoms with van der Waals surface area (Å²) in [5, 5.41) is 13.5. The molecule has 1 atom stereocenters. The smallest absolute Gasteiger partial charge is 0.265 e. The van der Waals surface area contributed by atoms with E-state index in [1.54, 1.807) is 12.1 Å². The number of allylic oxidation sites excluding steroid dienone is 4. The topological polar surface area (TPSA) is 49.3 Å². The van der Waals surface area contributed by atoms with Crippen LogP contribution in [0.4, 0.5) is 0 Å². The largest absolute Gasteiger partial charge is 0.372 e. The first kappa shape index (κ1) is 11.0. The molecule has 1 saturated heterocycles. The minimum atomic E-state index is -1.57. The lowest BCUT2D eigenvalue weighted by Crippen LogP contribution is -2.36. The average Bonchev–Trinajstić information content (AvgIpc) is 2.59.